The SMILES string of the molecule is CN(C)C(=O)C1=C(Cl)CC(N2CCC([C@H]3C[C@H]3CNC(=O)C(O)(c3ccccc3)C(F)(F)F)CC2)C=C1. The summed E-state index contributed by atoms with van der Waals surface area (Å²) in [5.74, 6) is -0.637. The molecule has 37 heavy (non-hydrogen) atoms. The second-order valence-electron chi connectivity index (χ2n) is 10.5. The second-order valence-corrected chi connectivity index (χ2v) is 10.9. The Morgan fingerprint density at radius 1 is 1.16 bits per heavy atom. The third-order valence-corrected chi connectivity index (χ3v) is 8.24. The number of halogens is 4. The van der Waals surface area contributed by atoms with E-state index in [-0.39, 0.29) is 24.4 Å². The highest BCUT2D eigenvalue weighted by atomic mass is 35.5. The van der Waals surface area contributed by atoms with Crippen LogP contribution in [-0.4, -0.2) is 72.7 Å². The molecule has 0 spiro atoms. The van der Waals surface area contributed by atoms with E-state index < -0.39 is 23.2 Å². The number of likely N-dealkylation sites (N-methyl/N-ethyl adjacent to an activating group) is 1. The number of nitrogens with one attached hydrogen (secondary N) is 1. The average molecular weight is 540 g/mol. The van der Waals surface area contributed by atoms with Crippen LogP contribution in [0.15, 0.2) is 53.1 Å². The summed E-state index contributed by atoms with van der Waals surface area (Å²) in [5.41, 5.74) is -3.54. The van der Waals surface area contributed by atoms with Crippen molar-refractivity contribution in [3.05, 3.63) is 58.7 Å². The van der Waals surface area contributed by atoms with Gasteiger partial charge in [0.05, 0.1) is 5.57 Å². The molecule has 4 rings (SSSR count). The van der Waals surface area contributed by atoms with Gasteiger partial charge in [0.2, 0.25) is 0 Å². The Hall–Kier alpha value is -2.36. The molecule has 6 nitrogen and oxygen atoms in total. The number of benzene rings is 1. The van der Waals surface area contributed by atoms with Gasteiger partial charge in [0.1, 0.15) is 0 Å². The van der Waals surface area contributed by atoms with Crippen molar-refractivity contribution in [1.29, 1.82) is 0 Å². The quantitative estimate of drug-likeness (QED) is 0.553. The first-order valence-corrected chi connectivity index (χ1v) is 13.0. The number of amides is 2. The Bertz CT molecular complexity index is 1070. The Morgan fingerprint density at radius 2 is 1.81 bits per heavy atom. The van der Waals surface area contributed by atoms with Gasteiger partial charge in [-0.25, -0.2) is 0 Å². The molecule has 1 heterocycles. The normalized spacial score (nSPS) is 26.5. The van der Waals surface area contributed by atoms with E-state index >= 15 is 0 Å². The zero-order valence-corrected chi connectivity index (χ0v) is 21.7. The van der Waals surface area contributed by atoms with Gasteiger partial charge in [0.15, 0.2) is 0 Å². The Labute approximate surface area is 220 Å². The van der Waals surface area contributed by atoms with Gasteiger partial charge >= 0.3 is 6.18 Å². The Morgan fingerprint density at radius 3 is 2.38 bits per heavy atom. The first-order chi connectivity index (χ1) is 17.4. The van der Waals surface area contributed by atoms with Gasteiger partial charge in [0.25, 0.3) is 17.4 Å². The summed E-state index contributed by atoms with van der Waals surface area (Å²) < 4.78 is 41.1. The van der Waals surface area contributed by atoms with E-state index in [4.69, 9.17) is 11.6 Å². The lowest BCUT2D eigenvalue weighted by Crippen LogP contribution is -2.54. The van der Waals surface area contributed by atoms with Crippen LogP contribution in [0.4, 0.5) is 13.2 Å². The van der Waals surface area contributed by atoms with Crippen molar-refractivity contribution in [2.24, 2.45) is 17.8 Å². The molecule has 2 unspecified atom stereocenters. The van der Waals surface area contributed by atoms with Crippen LogP contribution in [0, 0.1) is 17.8 Å². The van der Waals surface area contributed by atoms with Gasteiger partial charge < -0.3 is 15.3 Å². The number of carbonyl (C=O) groups excluding carboxylic acids is 2. The lowest BCUT2D eigenvalue weighted by atomic mass is 9.89. The van der Waals surface area contributed by atoms with Gasteiger partial charge in [-0.15, -0.1) is 0 Å². The van der Waals surface area contributed by atoms with Crippen molar-refractivity contribution < 1.29 is 27.9 Å². The minimum Gasteiger partial charge on any atom is -0.369 e. The summed E-state index contributed by atoms with van der Waals surface area (Å²) in [5, 5.41) is 13.3. The van der Waals surface area contributed by atoms with E-state index in [1.807, 2.05) is 12.2 Å². The van der Waals surface area contributed by atoms with Gasteiger partial charge in [-0.1, -0.05) is 54.1 Å². The largest absolute Gasteiger partial charge is 0.430 e. The number of piperidine rings is 1. The number of hydrogen-bond acceptors (Lipinski definition) is 4. The predicted molar refractivity (Wildman–Crippen MR) is 134 cm³/mol. The number of aliphatic hydroxyl groups is 1. The molecule has 1 saturated carbocycles. The lowest BCUT2D eigenvalue weighted by Gasteiger charge is -2.38. The standard InChI is InChI=1S/C27H33ClF3N3O3/c1-33(2)24(35)21-9-8-20(15-23(21)28)34-12-10-17(11-13-34)22-14-18(22)16-32-25(36)26(37,27(29,30)31)19-6-4-3-5-7-19/h3-9,17-18,20,22,37H,10-16H2,1-2H3,(H,32,36)/t18-,20?,22+,26?/m0/s1. The molecular weight excluding hydrogens is 507 g/mol. The molecule has 10 heteroatoms. The second kappa shape index (κ2) is 10.8. The number of nitrogens with zero attached hydrogens (tertiary/aromatic N) is 2. The highest BCUT2D eigenvalue weighted by Crippen LogP contribution is 2.48. The molecule has 0 aromatic heterocycles. The lowest BCUT2D eigenvalue weighted by molar-refractivity contribution is -0.257. The van der Waals surface area contributed by atoms with E-state index in [1.165, 1.54) is 23.1 Å². The Kier molecular flexibility index (Phi) is 8.07. The van der Waals surface area contributed by atoms with E-state index in [1.54, 1.807) is 14.1 Å². The summed E-state index contributed by atoms with van der Waals surface area (Å²) in [6.07, 6.45) is 2.07. The number of likely N-dealkylation sites (tertiary alicyclic amines) is 1. The maximum atomic E-state index is 13.7. The average Bonchev–Trinajstić information content (AvgIpc) is 3.66. The first kappa shape index (κ1) is 27.7. The smallest absolute Gasteiger partial charge is 0.369 e. The third kappa shape index (κ3) is 5.73. The number of rotatable bonds is 7. The molecule has 2 amide bonds. The fourth-order valence-electron chi connectivity index (χ4n) is 5.56. The fraction of sp³-hybridized carbons (Fsp3) is 0.556. The van der Waals surface area contributed by atoms with E-state index in [0.717, 1.165) is 44.5 Å². The van der Waals surface area contributed by atoms with Crippen LogP contribution < -0.4 is 5.32 Å². The molecule has 1 saturated heterocycles. The molecule has 3 aliphatic rings. The zero-order chi connectivity index (χ0) is 27.0. The molecule has 2 aliphatic carbocycles. The summed E-state index contributed by atoms with van der Waals surface area (Å²) in [4.78, 5) is 28.6. The summed E-state index contributed by atoms with van der Waals surface area (Å²) >= 11 is 6.43. The van der Waals surface area contributed by atoms with Crippen LogP contribution >= 0.6 is 11.6 Å². The van der Waals surface area contributed by atoms with Crippen LogP contribution in [0.5, 0.6) is 0 Å². The van der Waals surface area contributed by atoms with Crippen molar-refractivity contribution >= 4 is 23.4 Å². The number of hydrogen-bond donors (Lipinski definition) is 2. The van der Waals surface area contributed by atoms with Gasteiger partial charge in [-0.2, -0.15) is 13.2 Å². The van der Waals surface area contributed by atoms with Crippen molar-refractivity contribution in [3.8, 4) is 0 Å². The monoisotopic (exact) mass is 539 g/mol. The molecule has 4 atom stereocenters. The molecule has 1 aliphatic heterocycles. The fourth-order valence-corrected chi connectivity index (χ4v) is 5.86. The van der Waals surface area contributed by atoms with Crippen LogP contribution in [0.25, 0.3) is 0 Å². The van der Waals surface area contributed by atoms with Crippen molar-refractivity contribution in [3.63, 3.8) is 0 Å². The molecule has 202 valence electrons. The van der Waals surface area contributed by atoms with Gasteiger partial charge in [-0.3, -0.25) is 14.5 Å². The highest BCUT2D eigenvalue weighted by Gasteiger charge is 2.61. The van der Waals surface area contributed by atoms with Gasteiger partial charge in [-0.05, 0) is 50.1 Å². The van der Waals surface area contributed by atoms with E-state index in [2.05, 4.69) is 10.2 Å². The molecular formula is C27H33ClF3N3O3. The molecule has 1 aromatic carbocycles. The summed E-state index contributed by atoms with van der Waals surface area (Å²) in [6.45, 7) is 1.86. The number of carbonyl (C=O) groups is 2. The van der Waals surface area contributed by atoms with Crippen molar-refractivity contribution in [1.82, 2.24) is 15.1 Å². The Balaban J connectivity index is 1.26. The minimum absolute atomic E-state index is 0.109. The number of alkyl halides is 3. The van der Waals surface area contributed by atoms with Crippen LogP contribution in [0.2, 0.25) is 0 Å². The minimum atomic E-state index is -5.14. The molecule has 2 fully saturated rings. The topological polar surface area (TPSA) is 72.9 Å². The van der Waals surface area contributed by atoms with Crippen molar-refractivity contribution in [2.75, 3.05) is 33.7 Å². The van der Waals surface area contributed by atoms with Crippen LogP contribution in [0.1, 0.15) is 31.2 Å². The maximum Gasteiger partial charge on any atom is 0.430 e. The highest BCUT2D eigenvalue weighted by molar-refractivity contribution is 6.32. The van der Waals surface area contributed by atoms with Crippen LogP contribution in [0.3, 0.4) is 0 Å². The van der Waals surface area contributed by atoms with E-state index in [9.17, 15) is 27.9 Å². The maximum absolute atomic E-state index is 13.7. The molecule has 1 aromatic rings. The van der Waals surface area contributed by atoms with Gasteiger partial charge in [0, 0.05) is 43.7 Å². The molecule has 0 radical (unpaired) electrons. The predicted octanol–water partition coefficient (Wildman–Crippen LogP) is 3.81. The summed E-state index contributed by atoms with van der Waals surface area (Å²) in [7, 11) is 3.39. The van der Waals surface area contributed by atoms with E-state index in [0.29, 0.717) is 28.9 Å². The molecule has 0 bridgehead atoms. The zero-order valence-electron chi connectivity index (χ0n) is 21.0. The third-order valence-electron chi connectivity index (χ3n) is 7.88. The van der Waals surface area contributed by atoms with Crippen molar-refractivity contribution in [2.45, 2.75) is 43.5 Å². The summed E-state index contributed by atoms with van der Waals surface area (Å²) in [6, 6.07) is 6.59. The first-order valence-electron chi connectivity index (χ1n) is 12.6. The molecule has 2 N–H and O–H groups in total. The van der Waals surface area contributed by atoms with Crippen LogP contribution in [-0.2, 0) is 15.2 Å².